The van der Waals surface area contributed by atoms with Crippen molar-refractivity contribution in [1.29, 1.82) is 0 Å². The van der Waals surface area contributed by atoms with Crippen molar-refractivity contribution in [2.24, 2.45) is 0 Å². The molecule has 1 fully saturated rings. The van der Waals surface area contributed by atoms with Crippen LogP contribution in [-0.2, 0) is 22.5 Å². The van der Waals surface area contributed by atoms with Gasteiger partial charge in [0.1, 0.15) is 0 Å². The molecule has 2 aliphatic heterocycles. The fraction of sp³-hybridized carbons (Fsp3) is 0.588. The lowest BCUT2D eigenvalue weighted by atomic mass is 9.95. The van der Waals surface area contributed by atoms with E-state index in [1.165, 1.54) is 11.1 Å². The van der Waals surface area contributed by atoms with Crippen LogP contribution < -0.4 is 10.6 Å². The summed E-state index contributed by atoms with van der Waals surface area (Å²) in [5.41, 5.74) is 3.60. The molecule has 1 aromatic rings. The first-order valence-corrected chi connectivity index (χ1v) is 7.96. The number of benzene rings is 1. The summed E-state index contributed by atoms with van der Waals surface area (Å²) in [6.45, 7) is 3.95. The smallest absolute Gasteiger partial charge is 0.241 e. The van der Waals surface area contributed by atoms with Crippen molar-refractivity contribution in [2.75, 3.05) is 26.0 Å². The van der Waals surface area contributed by atoms with Gasteiger partial charge in [-0.3, -0.25) is 9.69 Å². The fourth-order valence-corrected chi connectivity index (χ4v) is 3.26. The van der Waals surface area contributed by atoms with Gasteiger partial charge in [-0.15, -0.1) is 0 Å². The molecule has 2 N–H and O–H groups in total. The summed E-state index contributed by atoms with van der Waals surface area (Å²) in [7, 11) is 3.84. The summed E-state index contributed by atoms with van der Waals surface area (Å²) < 4.78 is 5.29. The van der Waals surface area contributed by atoms with E-state index in [4.69, 9.17) is 4.74 Å². The fourth-order valence-electron chi connectivity index (χ4n) is 3.26. The molecule has 0 spiro atoms. The zero-order chi connectivity index (χ0) is 15.7. The number of ether oxygens (including phenoxy) is 1. The van der Waals surface area contributed by atoms with Crippen molar-refractivity contribution < 1.29 is 9.53 Å². The Balaban J connectivity index is 1.66. The van der Waals surface area contributed by atoms with Crippen molar-refractivity contribution in [2.45, 2.75) is 44.5 Å². The quantitative estimate of drug-likeness (QED) is 0.886. The van der Waals surface area contributed by atoms with Crippen molar-refractivity contribution in [3.05, 3.63) is 29.3 Å². The summed E-state index contributed by atoms with van der Waals surface area (Å²) in [5, 5.41) is 6.24. The summed E-state index contributed by atoms with van der Waals surface area (Å²) in [5.74, 6) is 0.0282. The highest BCUT2D eigenvalue weighted by Crippen LogP contribution is 2.25. The van der Waals surface area contributed by atoms with Gasteiger partial charge in [-0.2, -0.15) is 0 Å². The van der Waals surface area contributed by atoms with E-state index in [9.17, 15) is 4.79 Å². The molecule has 22 heavy (non-hydrogen) atoms. The molecule has 0 saturated carbocycles. The third kappa shape index (κ3) is 3.16. The molecular formula is C17H25N3O2. The second-order valence-corrected chi connectivity index (χ2v) is 6.50. The van der Waals surface area contributed by atoms with Gasteiger partial charge in [-0.25, -0.2) is 0 Å². The van der Waals surface area contributed by atoms with Crippen LogP contribution in [0.25, 0.3) is 0 Å². The number of nitrogens with zero attached hydrogens (tertiary/aromatic N) is 1. The molecule has 3 atom stereocenters. The third-order valence-electron chi connectivity index (χ3n) is 4.90. The Hall–Kier alpha value is -1.43. The molecule has 5 heteroatoms. The largest absolute Gasteiger partial charge is 0.380 e. The van der Waals surface area contributed by atoms with Gasteiger partial charge in [0.15, 0.2) is 0 Å². The zero-order valence-corrected chi connectivity index (χ0v) is 13.6. The predicted octanol–water partition coefficient (Wildman–Crippen LogP) is 1.38. The highest BCUT2D eigenvalue weighted by atomic mass is 16.5. The van der Waals surface area contributed by atoms with E-state index in [1.54, 1.807) is 7.11 Å². The minimum atomic E-state index is -0.161. The lowest BCUT2D eigenvalue weighted by Crippen LogP contribution is -2.36. The van der Waals surface area contributed by atoms with Crippen molar-refractivity contribution in [3.63, 3.8) is 0 Å². The number of likely N-dealkylation sites (N-methyl/N-ethyl adjacent to an activating group) is 1. The average molecular weight is 303 g/mol. The predicted molar refractivity (Wildman–Crippen MR) is 86.9 cm³/mol. The van der Waals surface area contributed by atoms with Gasteiger partial charge in [0, 0.05) is 31.9 Å². The number of hydrogen-bond donors (Lipinski definition) is 2. The number of fused-ring (bicyclic) bond motifs is 1. The van der Waals surface area contributed by atoms with Crippen molar-refractivity contribution in [1.82, 2.24) is 10.2 Å². The first-order valence-electron chi connectivity index (χ1n) is 7.96. The molecule has 0 aliphatic carbocycles. The molecule has 5 nitrogen and oxygen atoms in total. The maximum atomic E-state index is 12.3. The van der Waals surface area contributed by atoms with Crippen LogP contribution in [0.4, 0.5) is 5.69 Å². The SMILES string of the molecule is CO[C@H]1CN[C@@H](C(=O)Nc2ccc3c(c2)C[C@@H](C)N(C)C3)C1. The number of carbonyl (C=O) groups is 1. The molecule has 2 heterocycles. The third-order valence-corrected chi connectivity index (χ3v) is 4.90. The van der Waals surface area contributed by atoms with Gasteiger partial charge < -0.3 is 15.4 Å². The van der Waals surface area contributed by atoms with E-state index in [1.807, 2.05) is 6.07 Å². The van der Waals surface area contributed by atoms with Crippen LogP contribution >= 0.6 is 0 Å². The Labute approximate surface area is 132 Å². The maximum Gasteiger partial charge on any atom is 0.241 e. The molecule has 1 saturated heterocycles. The Morgan fingerprint density at radius 1 is 1.41 bits per heavy atom. The summed E-state index contributed by atoms with van der Waals surface area (Å²) in [4.78, 5) is 14.7. The first kappa shape index (κ1) is 15.5. The Bertz CT molecular complexity index is 561. The van der Waals surface area contributed by atoms with E-state index < -0.39 is 0 Å². The molecule has 120 valence electrons. The van der Waals surface area contributed by atoms with Crippen LogP contribution in [0.3, 0.4) is 0 Å². The number of amides is 1. The summed E-state index contributed by atoms with van der Waals surface area (Å²) >= 11 is 0. The van der Waals surface area contributed by atoms with Crippen LogP contribution in [-0.4, -0.2) is 49.7 Å². The van der Waals surface area contributed by atoms with Crippen LogP contribution in [0, 0.1) is 0 Å². The topological polar surface area (TPSA) is 53.6 Å². The van der Waals surface area contributed by atoms with Gasteiger partial charge in [0.2, 0.25) is 5.91 Å². The molecule has 2 aliphatic rings. The monoisotopic (exact) mass is 303 g/mol. The second kappa shape index (κ2) is 6.36. The summed E-state index contributed by atoms with van der Waals surface area (Å²) in [6.07, 6.45) is 1.90. The van der Waals surface area contributed by atoms with Gasteiger partial charge in [0.25, 0.3) is 0 Å². The number of nitrogens with one attached hydrogen (secondary N) is 2. The normalized spacial score (nSPS) is 28.4. The zero-order valence-electron chi connectivity index (χ0n) is 13.6. The van der Waals surface area contributed by atoms with E-state index in [0.717, 1.165) is 31.6 Å². The highest BCUT2D eigenvalue weighted by molar-refractivity contribution is 5.95. The second-order valence-electron chi connectivity index (χ2n) is 6.50. The molecule has 0 radical (unpaired) electrons. The van der Waals surface area contributed by atoms with Crippen LogP contribution in [0.1, 0.15) is 24.5 Å². The lowest BCUT2D eigenvalue weighted by molar-refractivity contribution is -0.118. The minimum Gasteiger partial charge on any atom is -0.380 e. The number of rotatable bonds is 3. The van der Waals surface area contributed by atoms with Crippen LogP contribution in [0.15, 0.2) is 18.2 Å². The molecule has 1 amide bonds. The van der Waals surface area contributed by atoms with Crippen molar-refractivity contribution >= 4 is 11.6 Å². The number of anilines is 1. The van der Waals surface area contributed by atoms with Crippen LogP contribution in [0.5, 0.6) is 0 Å². The van der Waals surface area contributed by atoms with E-state index >= 15 is 0 Å². The average Bonchev–Trinajstić information content (AvgIpc) is 2.98. The van der Waals surface area contributed by atoms with E-state index in [-0.39, 0.29) is 18.1 Å². The molecule has 0 aromatic heterocycles. The van der Waals surface area contributed by atoms with Gasteiger partial charge in [-0.1, -0.05) is 6.07 Å². The molecule has 1 aromatic carbocycles. The molecule has 0 bridgehead atoms. The minimum absolute atomic E-state index is 0.0282. The lowest BCUT2D eigenvalue weighted by Gasteiger charge is -2.31. The summed E-state index contributed by atoms with van der Waals surface area (Å²) in [6, 6.07) is 6.64. The standard InChI is InChI=1S/C17H25N3O2/c1-11-6-13-7-14(5-4-12(13)10-20(11)2)19-17(21)16-8-15(22-3)9-18-16/h4-5,7,11,15-16,18H,6,8-10H2,1-3H3,(H,19,21)/t11-,15-,16-/m1/s1. The molecular weight excluding hydrogens is 278 g/mol. The van der Waals surface area contributed by atoms with Gasteiger partial charge >= 0.3 is 0 Å². The Morgan fingerprint density at radius 3 is 2.95 bits per heavy atom. The molecule has 3 rings (SSSR count). The van der Waals surface area contributed by atoms with E-state index in [0.29, 0.717) is 6.04 Å². The van der Waals surface area contributed by atoms with Gasteiger partial charge in [0.05, 0.1) is 12.1 Å². The highest BCUT2D eigenvalue weighted by Gasteiger charge is 2.29. The maximum absolute atomic E-state index is 12.3. The Kier molecular flexibility index (Phi) is 4.47. The number of carbonyl (C=O) groups excluding carboxylic acids is 1. The van der Waals surface area contributed by atoms with Gasteiger partial charge in [-0.05, 0) is 50.1 Å². The number of methoxy groups -OCH3 is 1. The first-order chi connectivity index (χ1) is 10.6. The number of hydrogen-bond acceptors (Lipinski definition) is 4. The van der Waals surface area contributed by atoms with Crippen molar-refractivity contribution in [3.8, 4) is 0 Å². The molecule has 0 unspecified atom stereocenters. The van der Waals surface area contributed by atoms with Crippen LogP contribution in [0.2, 0.25) is 0 Å². The van der Waals surface area contributed by atoms with E-state index in [2.05, 4.69) is 41.6 Å². The Morgan fingerprint density at radius 2 is 2.23 bits per heavy atom.